The van der Waals surface area contributed by atoms with Crippen LogP contribution in [0.15, 0.2) is 12.1 Å². The fourth-order valence-corrected chi connectivity index (χ4v) is 1.31. The first-order valence-corrected chi connectivity index (χ1v) is 4.43. The lowest BCUT2D eigenvalue weighted by atomic mass is 10.2. The summed E-state index contributed by atoms with van der Waals surface area (Å²) in [4.78, 5) is 10.6. The molecular formula is C9H6ClF4NO. The lowest BCUT2D eigenvalue weighted by Crippen LogP contribution is -2.11. The first-order valence-electron chi connectivity index (χ1n) is 4.05. The molecule has 0 saturated heterocycles. The zero-order chi connectivity index (χ0) is 12.5. The summed E-state index contributed by atoms with van der Waals surface area (Å²) in [5.74, 6) is -1.69. The number of alkyl halides is 3. The van der Waals surface area contributed by atoms with Crippen LogP contribution in [-0.4, -0.2) is 5.91 Å². The highest BCUT2D eigenvalue weighted by Crippen LogP contribution is 2.37. The van der Waals surface area contributed by atoms with E-state index in [1.54, 1.807) is 0 Å². The van der Waals surface area contributed by atoms with Crippen LogP contribution in [-0.2, 0) is 11.0 Å². The molecule has 16 heavy (non-hydrogen) atoms. The minimum atomic E-state index is -4.70. The normalized spacial score (nSPS) is 11.4. The molecule has 1 amide bonds. The van der Waals surface area contributed by atoms with Crippen molar-refractivity contribution in [3.8, 4) is 0 Å². The van der Waals surface area contributed by atoms with Crippen LogP contribution in [0.5, 0.6) is 0 Å². The third-order valence-corrected chi connectivity index (χ3v) is 1.99. The topological polar surface area (TPSA) is 29.1 Å². The molecule has 0 aliphatic heterocycles. The highest BCUT2D eigenvalue weighted by molar-refractivity contribution is 6.31. The van der Waals surface area contributed by atoms with Gasteiger partial charge in [-0.15, -0.1) is 0 Å². The van der Waals surface area contributed by atoms with Crippen molar-refractivity contribution < 1.29 is 22.4 Å². The molecule has 0 radical (unpaired) electrons. The number of hydrogen-bond donors (Lipinski definition) is 1. The van der Waals surface area contributed by atoms with E-state index in [9.17, 15) is 22.4 Å². The smallest absolute Gasteiger partial charge is 0.324 e. The van der Waals surface area contributed by atoms with Gasteiger partial charge in [-0.1, -0.05) is 11.6 Å². The quantitative estimate of drug-likeness (QED) is 0.765. The van der Waals surface area contributed by atoms with Crippen molar-refractivity contribution in [1.29, 1.82) is 0 Å². The summed E-state index contributed by atoms with van der Waals surface area (Å²) in [7, 11) is 0. The number of halogens is 5. The molecule has 1 aromatic rings. The van der Waals surface area contributed by atoms with Gasteiger partial charge in [-0.25, -0.2) is 4.39 Å². The van der Waals surface area contributed by atoms with Gasteiger partial charge < -0.3 is 5.32 Å². The standard InChI is InChI=1S/C9H6ClF4NO/c1-4(16)15-8-2-5(9(12,13)14)6(10)3-7(8)11/h2-3H,1H3,(H,15,16). The van der Waals surface area contributed by atoms with Gasteiger partial charge in [0.25, 0.3) is 0 Å². The number of amides is 1. The molecule has 0 heterocycles. The molecule has 2 nitrogen and oxygen atoms in total. The van der Waals surface area contributed by atoms with E-state index in [0.717, 1.165) is 6.92 Å². The Labute approximate surface area is 93.2 Å². The molecule has 0 bridgehead atoms. The summed E-state index contributed by atoms with van der Waals surface area (Å²) in [5.41, 5.74) is -1.75. The lowest BCUT2D eigenvalue weighted by Gasteiger charge is -2.12. The molecule has 0 aromatic heterocycles. The molecule has 1 N–H and O–H groups in total. The maximum Gasteiger partial charge on any atom is 0.417 e. The first-order chi connectivity index (χ1) is 7.21. The van der Waals surface area contributed by atoms with Crippen molar-refractivity contribution in [1.82, 2.24) is 0 Å². The molecular weight excluding hydrogens is 250 g/mol. The monoisotopic (exact) mass is 255 g/mol. The summed E-state index contributed by atoms with van der Waals surface area (Å²) < 4.78 is 50.2. The summed E-state index contributed by atoms with van der Waals surface area (Å²) in [6, 6.07) is 0.967. The third-order valence-electron chi connectivity index (χ3n) is 1.67. The molecule has 0 spiro atoms. The number of nitrogens with one attached hydrogen (secondary N) is 1. The van der Waals surface area contributed by atoms with Crippen LogP contribution in [0.1, 0.15) is 12.5 Å². The summed E-state index contributed by atoms with van der Waals surface area (Å²) in [5, 5.41) is 1.19. The van der Waals surface area contributed by atoms with Crippen molar-refractivity contribution in [3.63, 3.8) is 0 Å². The second-order valence-electron chi connectivity index (χ2n) is 2.99. The number of rotatable bonds is 1. The van der Waals surface area contributed by atoms with Gasteiger partial charge in [0, 0.05) is 6.92 Å². The van der Waals surface area contributed by atoms with E-state index in [1.165, 1.54) is 0 Å². The van der Waals surface area contributed by atoms with Crippen LogP contribution in [0.2, 0.25) is 5.02 Å². The largest absolute Gasteiger partial charge is 0.417 e. The van der Waals surface area contributed by atoms with Gasteiger partial charge in [0.15, 0.2) is 0 Å². The van der Waals surface area contributed by atoms with Crippen LogP contribution < -0.4 is 5.32 Å². The van der Waals surface area contributed by atoms with Crippen LogP contribution in [0.4, 0.5) is 23.2 Å². The van der Waals surface area contributed by atoms with Crippen LogP contribution in [0.25, 0.3) is 0 Å². The Bertz CT molecular complexity index is 430. The van der Waals surface area contributed by atoms with E-state index in [4.69, 9.17) is 11.6 Å². The SMILES string of the molecule is CC(=O)Nc1cc(C(F)(F)F)c(Cl)cc1F. The maximum atomic E-state index is 13.1. The van der Waals surface area contributed by atoms with E-state index in [2.05, 4.69) is 0 Å². The minimum Gasteiger partial charge on any atom is -0.324 e. The predicted molar refractivity (Wildman–Crippen MR) is 50.7 cm³/mol. The Morgan fingerprint density at radius 2 is 1.94 bits per heavy atom. The molecule has 0 atom stereocenters. The van der Waals surface area contributed by atoms with Gasteiger partial charge in [-0.05, 0) is 12.1 Å². The zero-order valence-electron chi connectivity index (χ0n) is 7.95. The van der Waals surface area contributed by atoms with Gasteiger partial charge >= 0.3 is 6.18 Å². The molecule has 1 rings (SSSR count). The molecule has 7 heteroatoms. The van der Waals surface area contributed by atoms with Crippen molar-refractivity contribution in [2.45, 2.75) is 13.1 Å². The molecule has 0 aliphatic rings. The van der Waals surface area contributed by atoms with Crippen molar-refractivity contribution >= 4 is 23.2 Å². The molecule has 88 valence electrons. The highest BCUT2D eigenvalue weighted by atomic mass is 35.5. The fourth-order valence-electron chi connectivity index (χ4n) is 1.05. The van der Waals surface area contributed by atoms with Crippen LogP contribution >= 0.6 is 11.6 Å². The molecule has 0 fully saturated rings. The van der Waals surface area contributed by atoms with Crippen LogP contribution in [0.3, 0.4) is 0 Å². The Kier molecular flexibility index (Phi) is 3.42. The summed E-state index contributed by atoms with van der Waals surface area (Å²) in [6.07, 6.45) is -4.70. The molecule has 1 aromatic carbocycles. The van der Waals surface area contributed by atoms with Gasteiger partial charge in [0.05, 0.1) is 16.3 Å². The van der Waals surface area contributed by atoms with E-state index < -0.39 is 34.2 Å². The van der Waals surface area contributed by atoms with E-state index in [-0.39, 0.29) is 0 Å². The van der Waals surface area contributed by atoms with Gasteiger partial charge in [0.1, 0.15) is 5.82 Å². The fraction of sp³-hybridized carbons (Fsp3) is 0.222. The van der Waals surface area contributed by atoms with Crippen LogP contribution in [0, 0.1) is 5.82 Å². The predicted octanol–water partition coefficient (Wildman–Crippen LogP) is 3.46. The molecule has 0 aliphatic carbocycles. The van der Waals surface area contributed by atoms with Gasteiger partial charge in [-0.3, -0.25) is 4.79 Å². The van der Waals surface area contributed by atoms with E-state index in [1.807, 2.05) is 5.32 Å². The van der Waals surface area contributed by atoms with Gasteiger partial charge in [0.2, 0.25) is 5.91 Å². The highest BCUT2D eigenvalue weighted by Gasteiger charge is 2.34. The number of benzene rings is 1. The first kappa shape index (κ1) is 12.8. The summed E-state index contributed by atoms with van der Waals surface area (Å²) in [6.45, 7) is 1.06. The molecule has 0 saturated carbocycles. The Balaban J connectivity index is 3.27. The Morgan fingerprint density at radius 3 is 2.38 bits per heavy atom. The minimum absolute atomic E-state index is 0.457. The summed E-state index contributed by atoms with van der Waals surface area (Å²) >= 11 is 5.25. The van der Waals surface area contributed by atoms with E-state index in [0.29, 0.717) is 12.1 Å². The number of carbonyl (C=O) groups is 1. The Hall–Kier alpha value is -1.30. The molecule has 0 unspecified atom stereocenters. The van der Waals surface area contributed by atoms with Crippen molar-refractivity contribution in [2.75, 3.05) is 5.32 Å². The van der Waals surface area contributed by atoms with Gasteiger partial charge in [-0.2, -0.15) is 13.2 Å². The zero-order valence-corrected chi connectivity index (χ0v) is 8.71. The Morgan fingerprint density at radius 1 is 1.38 bits per heavy atom. The number of anilines is 1. The van der Waals surface area contributed by atoms with E-state index >= 15 is 0 Å². The number of carbonyl (C=O) groups excluding carboxylic acids is 1. The second-order valence-corrected chi connectivity index (χ2v) is 3.40. The lowest BCUT2D eigenvalue weighted by molar-refractivity contribution is -0.137. The average molecular weight is 256 g/mol. The van der Waals surface area contributed by atoms with Crippen molar-refractivity contribution in [3.05, 3.63) is 28.5 Å². The number of hydrogen-bond acceptors (Lipinski definition) is 1. The average Bonchev–Trinajstić information content (AvgIpc) is 2.06. The van der Waals surface area contributed by atoms with Crippen molar-refractivity contribution in [2.24, 2.45) is 0 Å². The third kappa shape index (κ3) is 2.85. The second kappa shape index (κ2) is 4.29. The maximum absolute atomic E-state index is 13.1.